The maximum absolute atomic E-state index is 13.1. The highest BCUT2D eigenvalue weighted by molar-refractivity contribution is 9.10. The Bertz CT molecular complexity index is 730. The van der Waals surface area contributed by atoms with Crippen molar-refractivity contribution in [3.8, 4) is 0 Å². The van der Waals surface area contributed by atoms with Crippen molar-refractivity contribution >= 4 is 33.2 Å². The SMILES string of the molecule is CC(=O)Nc1ccc(C(C)=NOCc2ccc(F)c(Br)c2)cc1. The standard InChI is InChI=1S/C17H16BrFN2O2/c1-11(14-4-6-15(7-5-14)20-12(2)22)21-23-10-13-3-8-17(19)16(18)9-13/h3-9H,10H2,1-2H3,(H,20,22). The van der Waals surface area contributed by atoms with E-state index >= 15 is 0 Å². The third-order valence-electron chi connectivity index (χ3n) is 3.04. The van der Waals surface area contributed by atoms with Crippen LogP contribution in [0.15, 0.2) is 52.1 Å². The molecule has 120 valence electrons. The molecule has 2 aromatic carbocycles. The van der Waals surface area contributed by atoms with Gasteiger partial charge in [0.25, 0.3) is 0 Å². The van der Waals surface area contributed by atoms with Crippen LogP contribution >= 0.6 is 15.9 Å². The van der Waals surface area contributed by atoms with E-state index in [0.717, 1.165) is 16.8 Å². The Morgan fingerprint density at radius 2 is 1.91 bits per heavy atom. The van der Waals surface area contributed by atoms with Crippen molar-refractivity contribution in [1.29, 1.82) is 0 Å². The summed E-state index contributed by atoms with van der Waals surface area (Å²) >= 11 is 3.13. The molecule has 0 bridgehead atoms. The van der Waals surface area contributed by atoms with Gasteiger partial charge in [0.15, 0.2) is 0 Å². The third kappa shape index (κ3) is 5.17. The van der Waals surface area contributed by atoms with Crippen LogP contribution in [0.4, 0.5) is 10.1 Å². The smallest absolute Gasteiger partial charge is 0.221 e. The predicted molar refractivity (Wildman–Crippen MR) is 91.8 cm³/mol. The molecule has 0 spiro atoms. The Morgan fingerprint density at radius 1 is 1.22 bits per heavy atom. The van der Waals surface area contributed by atoms with Crippen LogP contribution in [0.2, 0.25) is 0 Å². The maximum Gasteiger partial charge on any atom is 0.221 e. The minimum atomic E-state index is -0.312. The molecule has 0 unspecified atom stereocenters. The van der Waals surface area contributed by atoms with E-state index in [1.165, 1.54) is 13.0 Å². The van der Waals surface area contributed by atoms with Crippen LogP contribution in [-0.2, 0) is 16.2 Å². The van der Waals surface area contributed by atoms with Crippen LogP contribution in [0.5, 0.6) is 0 Å². The molecule has 6 heteroatoms. The molecule has 2 rings (SSSR count). The number of halogens is 2. The van der Waals surface area contributed by atoms with Crippen molar-refractivity contribution in [1.82, 2.24) is 0 Å². The van der Waals surface area contributed by atoms with Gasteiger partial charge in [0.1, 0.15) is 12.4 Å². The summed E-state index contributed by atoms with van der Waals surface area (Å²) in [5.41, 5.74) is 3.14. The molecular formula is C17H16BrFN2O2. The third-order valence-corrected chi connectivity index (χ3v) is 3.65. The van der Waals surface area contributed by atoms with E-state index in [-0.39, 0.29) is 18.3 Å². The van der Waals surface area contributed by atoms with Gasteiger partial charge in [0, 0.05) is 12.6 Å². The van der Waals surface area contributed by atoms with Crippen LogP contribution in [0.25, 0.3) is 0 Å². The number of anilines is 1. The Hall–Kier alpha value is -2.21. The van der Waals surface area contributed by atoms with E-state index in [9.17, 15) is 9.18 Å². The summed E-state index contributed by atoms with van der Waals surface area (Å²) in [6, 6.07) is 12.0. The largest absolute Gasteiger partial charge is 0.391 e. The molecule has 0 heterocycles. The second kappa shape index (κ2) is 7.87. The van der Waals surface area contributed by atoms with Crippen molar-refractivity contribution in [2.24, 2.45) is 5.16 Å². The van der Waals surface area contributed by atoms with Gasteiger partial charge in [-0.15, -0.1) is 0 Å². The number of hydrogen-bond acceptors (Lipinski definition) is 3. The van der Waals surface area contributed by atoms with E-state index in [4.69, 9.17) is 4.84 Å². The summed E-state index contributed by atoms with van der Waals surface area (Å²) in [6.07, 6.45) is 0. The summed E-state index contributed by atoms with van der Waals surface area (Å²) < 4.78 is 13.5. The molecule has 23 heavy (non-hydrogen) atoms. The van der Waals surface area contributed by atoms with Gasteiger partial charge < -0.3 is 10.2 Å². The van der Waals surface area contributed by atoms with Gasteiger partial charge in [0.2, 0.25) is 5.91 Å². The van der Waals surface area contributed by atoms with Crippen LogP contribution in [0.3, 0.4) is 0 Å². The average Bonchev–Trinajstić information content (AvgIpc) is 2.51. The van der Waals surface area contributed by atoms with Crippen molar-refractivity contribution in [2.75, 3.05) is 5.32 Å². The minimum Gasteiger partial charge on any atom is -0.391 e. The van der Waals surface area contributed by atoms with Gasteiger partial charge in [-0.25, -0.2) is 4.39 Å². The molecule has 0 aromatic heterocycles. The van der Waals surface area contributed by atoms with Crippen LogP contribution in [-0.4, -0.2) is 11.6 Å². The molecule has 0 aliphatic rings. The number of benzene rings is 2. The van der Waals surface area contributed by atoms with Gasteiger partial charge in [-0.2, -0.15) is 0 Å². The summed E-state index contributed by atoms with van der Waals surface area (Å²) in [6.45, 7) is 3.54. The normalized spacial score (nSPS) is 11.2. The zero-order valence-electron chi connectivity index (χ0n) is 12.8. The summed E-state index contributed by atoms with van der Waals surface area (Å²) in [5.74, 6) is -0.426. The van der Waals surface area contributed by atoms with Gasteiger partial charge in [0.05, 0.1) is 10.2 Å². The van der Waals surface area contributed by atoms with E-state index in [1.54, 1.807) is 24.3 Å². The topological polar surface area (TPSA) is 50.7 Å². The molecule has 0 saturated heterocycles. The van der Waals surface area contributed by atoms with Gasteiger partial charge >= 0.3 is 0 Å². The van der Waals surface area contributed by atoms with Crippen LogP contribution < -0.4 is 5.32 Å². The molecular weight excluding hydrogens is 363 g/mol. The number of amides is 1. The molecule has 0 radical (unpaired) electrons. The highest BCUT2D eigenvalue weighted by Crippen LogP contribution is 2.17. The van der Waals surface area contributed by atoms with Crippen molar-refractivity contribution in [3.63, 3.8) is 0 Å². The number of carbonyl (C=O) groups is 1. The number of carbonyl (C=O) groups excluding carboxylic acids is 1. The van der Waals surface area contributed by atoms with E-state index in [0.29, 0.717) is 10.2 Å². The first-order valence-electron chi connectivity index (χ1n) is 6.94. The number of hydrogen-bond donors (Lipinski definition) is 1. The Morgan fingerprint density at radius 3 is 2.52 bits per heavy atom. The quantitative estimate of drug-likeness (QED) is 0.615. The minimum absolute atomic E-state index is 0.114. The number of nitrogens with one attached hydrogen (secondary N) is 1. The number of oxime groups is 1. The zero-order valence-corrected chi connectivity index (χ0v) is 14.4. The van der Waals surface area contributed by atoms with E-state index in [1.807, 2.05) is 19.1 Å². The highest BCUT2D eigenvalue weighted by Gasteiger charge is 2.02. The average molecular weight is 379 g/mol. The number of nitrogens with zero attached hydrogens (tertiary/aromatic N) is 1. The maximum atomic E-state index is 13.1. The molecule has 0 aliphatic carbocycles. The molecule has 1 amide bonds. The van der Waals surface area contributed by atoms with Crippen LogP contribution in [0.1, 0.15) is 25.0 Å². The van der Waals surface area contributed by atoms with Crippen LogP contribution in [0, 0.1) is 5.82 Å². The Balaban J connectivity index is 1.96. The second-order valence-electron chi connectivity index (χ2n) is 4.96. The van der Waals surface area contributed by atoms with Crippen molar-refractivity contribution in [3.05, 3.63) is 63.9 Å². The monoisotopic (exact) mass is 378 g/mol. The molecule has 0 fully saturated rings. The van der Waals surface area contributed by atoms with E-state index in [2.05, 4.69) is 26.4 Å². The summed E-state index contributed by atoms with van der Waals surface area (Å²) in [7, 11) is 0. The molecule has 1 N–H and O–H groups in total. The molecule has 0 atom stereocenters. The fourth-order valence-corrected chi connectivity index (χ4v) is 2.31. The predicted octanol–water partition coefficient (Wildman–Crippen LogP) is 4.49. The molecule has 0 aliphatic heterocycles. The lowest BCUT2D eigenvalue weighted by Gasteiger charge is -2.05. The fourth-order valence-electron chi connectivity index (χ4n) is 1.88. The fraction of sp³-hybridized carbons (Fsp3) is 0.176. The van der Waals surface area contributed by atoms with Crippen molar-refractivity contribution in [2.45, 2.75) is 20.5 Å². The lowest BCUT2D eigenvalue weighted by atomic mass is 10.1. The zero-order chi connectivity index (χ0) is 16.8. The summed E-state index contributed by atoms with van der Waals surface area (Å²) in [5, 5.41) is 6.75. The number of rotatable bonds is 5. The Labute approximate surface area is 142 Å². The highest BCUT2D eigenvalue weighted by atomic mass is 79.9. The second-order valence-corrected chi connectivity index (χ2v) is 5.81. The van der Waals surface area contributed by atoms with Gasteiger partial charge in [-0.1, -0.05) is 23.4 Å². The first-order valence-corrected chi connectivity index (χ1v) is 7.73. The van der Waals surface area contributed by atoms with E-state index < -0.39 is 0 Å². The molecule has 4 nitrogen and oxygen atoms in total. The van der Waals surface area contributed by atoms with Crippen molar-refractivity contribution < 1.29 is 14.0 Å². The lowest BCUT2D eigenvalue weighted by molar-refractivity contribution is -0.114. The Kier molecular flexibility index (Phi) is 5.87. The van der Waals surface area contributed by atoms with Gasteiger partial charge in [-0.3, -0.25) is 4.79 Å². The lowest BCUT2D eigenvalue weighted by Crippen LogP contribution is -2.06. The first-order chi connectivity index (χ1) is 11.0. The molecule has 0 saturated carbocycles. The van der Waals surface area contributed by atoms with Gasteiger partial charge in [-0.05, 0) is 58.2 Å². The molecule has 2 aromatic rings. The summed E-state index contributed by atoms with van der Waals surface area (Å²) in [4.78, 5) is 16.3. The first kappa shape index (κ1) is 17.1.